The van der Waals surface area contributed by atoms with Crippen molar-refractivity contribution in [2.45, 2.75) is 77.5 Å². The summed E-state index contributed by atoms with van der Waals surface area (Å²) in [7, 11) is 3.37. The average Bonchev–Trinajstić information content (AvgIpc) is 3.08. The molecule has 1 heterocycles. The first-order valence-corrected chi connectivity index (χ1v) is 12.4. The van der Waals surface area contributed by atoms with E-state index in [0.717, 1.165) is 50.3 Å². The Morgan fingerprint density at radius 1 is 1.00 bits per heavy atom. The number of nitrogens with two attached hydrogens (primary N) is 1. The standard InChI is InChI=1S/C26H46N2O4/c1-20(2)22(11-12-23(29)26(27)28-14-7-5-6-8-15-28)18-21-10-13-24(31-4)25(19-21)32-17-9-16-30-3/h10,13,19-20,22-23,26,29H,5-9,11-12,14-18,27H2,1-4H3/t22-,23-,26-/m0/s1. The molecule has 1 aliphatic heterocycles. The highest BCUT2D eigenvalue weighted by Gasteiger charge is 2.25. The van der Waals surface area contributed by atoms with E-state index in [2.05, 4.69) is 30.9 Å². The molecular weight excluding hydrogens is 404 g/mol. The van der Waals surface area contributed by atoms with Gasteiger partial charge in [-0.3, -0.25) is 4.90 Å². The fraction of sp³-hybridized carbons (Fsp3) is 0.769. The van der Waals surface area contributed by atoms with Gasteiger partial charge in [-0.25, -0.2) is 0 Å². The average molecular weight is 451 g/mol. The molecule has 0 unspecified atom stereocenters. The third kappa shape index (κ3) is 8.89. The summed E-state index contributed by atoms with van der Waals surface area (Å²) >= 11 is 0. The second kappa shape index (κ2) is 14.7. The summed E-state index contributed by atoms with van der Waals surface area (Å²) in [4.78, 5) is 2.28. The molecule has 3 atom stereocenters. The molecule has 0 aromatic heterocycles. The SMILES string of the molecule is COCCCOc1cc(C[C@H](CC[C@H](O)[C@@H](N)N2CCCCCC2)C(C)C)ccc1OC. The van der Waals surface area contributed by atoms with Crippen LogP contribution < -0.4 is 15.2 Å². The summed E-state index contributed by atoms with van der Waals surface area (Å²) < 4.78 is 16.5. The largest absolute Gasteiger partial charge is 0.493 e. The fourth-order valence-electron chi connectivity index (χ4n) is 4.51. The zero-order valence-corrected chi connectivity index (χ0v) is 20.7. The van der Waals surface area contributed by atoms with E-state index in [1.165, 1.54) is 31.2 Å². The number of ether oxygens (including phenoxy) is 3. The van der Waals surface area contributed by atoms with Crippen LogP contribution in [0.25, 0.3) is 0 Å². The normalized spacial score (nSPS) is 18.2. The van der Waals surface area contributed by atoms with E-state index in [0.29, 0.717) is 25.0 Å². The minimum Gasteiger partial charge on any atom is -0.493 e. The predicted octanol–water partition coefficient (Wildman–Crippen LogP) is 4.23. The molecule has 1 aromatic rings. The summed E-state index contributed by atoms with van der Waals surface area (Å²) in [5.74, 6) is 2.53. The van der Waals surface area contributed by atoms with Crippen LogP contribution in [0, 0.1) is 11.8 Å². The monoisotopic (exact) mass is 450 g/mol. The molecular formula is C26H46N2O4. The number of methoxy groups -OCH3 is 2. The molecule has 0 aliphatic carbocycles. The minimum atomic E-state index is -0.482. The molecule has 6 heteroatoms. The second-order valence-electron chi connectivity index (χ2n) is 9.47. The number of rotatable bonds is 14. The molecule has 0 spiro atoms. The first-order chi connectivity index (χ1) is 15.5. The van der Waals surface area contributed by atoms with Crippen molar-refractivity contribution in [1.29, 1.82) is 0 Å². The Bertz CT molecular complexity index is 632. The molecule has 1 aliphatic rings. The molecule has 1 saturated heterocycles. The number of hydrogen-bond acceptors (Lipinski definition) is 6. The lowest BCUT2D eigenvalue weighted by Crippen LogP contribution is -2.50. The molecule has 3 N–H and O–H groups in total. The van der Waals surface area contributed by atoms with Crippen molar-refractivity contribution in [3.05, 3.63) is 23.8 Å². The molecule has 2 rings (SSSR count). The van der Waals surface area contributed by atoms with Crippen LogP contribution in [0.15, 0.2) is 18.2 Å². The molecule has 0 amide bonds. The van der Waals surface area contributed by atoms with E-state index < -0.39 is 6.10 Å². The lowest BCUT2D eigenvalue weighted by molar-refractivity contribution is 0.0421. The zero-order valence-electron chi connectivity index (χ0n) is 20.7. The van der Waals surface area contributed by atoms with Crippen LogP contribution in [0.4, 0.5) is 0 Å². The molecule has 6 nitrogen and oxygen atoms in total. The topological polar surface area (TPSA) is 77.2 Å². The van der Waals surface area contributed by atoms with Crippen LogP contribution in [0.2, 0.25) is 0 Å². The van der Waals surface area contributed by atoms with Gasteiger partial charge in [0.05, 0.1) is 26.0 Å². The van der Waals surface area contributed by atoms with Gasteiger partial charge in [-0.2, -0.15) is 0 Å². The van der Waals surface area contributed by atoms with Gasteiger partial charge < -0.3 is 25.1 Å². The van der Waals surface area contributed by atoms with Gasteiger partial charge in [0.1, 0.15) is 0 Å². The Labute approximate surface area is 195 Å². The van der Waals surface area contributed by atoms with Gasteiger partial charge in [-0.1, -0.05) is 32.8 Å². The number of hydrogen-bond donors (Lipinski definition) is 2. The lowest BCUT2D eigenvalue weighted by Gasteiger charge is -2.32. The Kier molecular flexibility index (Phi) is 12.4. The molecule has 32 heavy (non-hydrogen) atoms. The van der Waals surface area contributed by atoms with Gasteiger partial charge in [-0.15, -0.1) is 0 Å². The first kappa shape index (κ1) is 26.9. The van der Waals surface area contributed by atoms with E-state index in [1.807, 2.05) is 6.07 Å². The molecule has 0 radical (unpaired) electrons. The summed E-state index contributed by atoms with van der Waals surface area (Å²) in [5.41, 5.74) is 7.67. The van der Waals surface area contributed by atoms with Crippen LogP contribution in [-0.2, 0) is 11.2 Å². The van der Waals surface area contributed by atoms with Crippen LogP contribution in [-0.4, -0.2) is 62.8 Å². The highest BCUT2D eigenvalue weighted by molar-refractivity contribution is 5.43. The maximum absolute atomic E-state index is 10.8. The van der Waals surface area contributed by atoms with Gasteiger partial charge in [0.15, 0.2) is 11.5 Å². The van der Waals surface area contributed by atoms with Crippen molar-refractivity contribution >= 4 is 0 Å². The number of aliphatic hydroxyl groups excluding tert-OH is 1. The Morgan fingerprint density at radius 2 is 1.72 bits per heavy atom. The van der Waals surface area contributed by atoms with E-state index in [1.54, 1.807) is 14.2 Å². The van der Waals surface area contributed by atoms with Crippen molar-refractivity contribution in [2.24, 2.45) is 17.6 Å². The Morgan fingerprint density at radius 3 is 2.34 bits per heavy atom. The maximum Gasteiger partial charge on any atom is 0.161 e. The van der Waals surface area contributed by atoms with Crippen molar-refractivity contribution in [2.75, 3.05) is 40.5 Å². The maximum atomic E-state index is 10.8. The molecule has 0 bridgehead atoms. The van der Waals surface area contributed by atoms with Gasteiger partial charge >= 0.3 is 0 Å². The summed E-state index contributed by atoms with van der Waals surface area (Å²) in [6, 6.07) is 6.21. The zero-order chi connectivity index (χ0) is 23.3. The lowest BCUT2D eigenvalue weighted by atomic mass is 9.84. The van der Waals surface area contributed by atoms with Crippen molar-refractivity contribution < 1.29 is 19.3 Å². The quantitative estimate of drug-likeness (QED) is 0.413. The number of nitrogens with zero attached hydrogens (tertiary/aromatic N) is 1. The van der Waals surface area contributed by atoms with Crippen LogP contribution >= 0.6 is 0 Å². The highest BCUT2D eigenvalue weighted by Crippen LogP contribution is 2.31. The summed E-state index contributed by atoms with van der Waals surface area (Å²) in [6.45, 7) is 7.81. The minimum absolute atomic E-state index is 0.256. The number of aliphatic hydroxyl groups is 1. The molecule has 1 aromatic carbocycles. The van der Waals surface area contributed by atoms with Gasteiger partial charge in [0.25, 0.3) is 0 Å². The smallest absolute Gasteiger partial charge is 0.161 e. The summed E-state index contributed by atoms with van der Waals surface area (Å²) in [6.07, 6.45) is 7.65. The summed E-state index contributed by atoms with van der Waals surface area (Å²) in [5, 5.41) is 10.8. The van der Waals surface area contributed by atoms with Crippen LogP contribution in [0.1, 0.15) is 64.4 Å². The molecule has 1 fully saturated rings. The van der Waals surface area contributed by atoms with Crippen LogP contribution in [0.5, 0.6) is 11.5 Å². The van der Waals surface area contributed by atoms with E-state index >= 15 is 0 Å². The third-order valence-electron chi connectivity index (χ3n) is 6.71. The highest BCUT2D eigenvalue weighted by atomic mass is 16.5. The molecule has 0 saturated carbocycles. The number of likely N-dealkylation sites (tertiary alicyclic amines) is 1. The van der Waals surface area contributed by atoms with E-state index in [9.17, 15) is 5.11 Å². The first-order valence-electron chi connectivity index (χ1n) is 12.4. The van der Waals surface area contributed by atoms with Gasteiger partial charge in [0, 0.05) is 20.1 Å². The third-order valence-corrected chi connectivity index (χ3v) is 6.71. The van der Waals surface area contributed by atoms with E-state index in [4.69, 9.17) is 19.9 Å². The van der Waals surface area contributed by atoms with Gasteiger partial charge in [0.2, 0.25) is 0 Å². The fourth-order valence-corrected chi connectivity index (χ4v) is 4.51. The Hall–Kier alpha value is -1.34. The van der Waals surface area contributed by atoms with Crippen molar-refractivity contribution in [1.82, 2.24) is 4.90 Å². The second-order valence-corrected chi connectivity index (χ2v) is 9.47. The van der Waals surface area contributed by atoms with Crippen molar-refractivity contribution in [3.63, 3.8) is 0 Å². The number of benzene rings is 1. The van der Waals surface area contributed by atoms with Gasteiger partial charge in [-0.05, 0) is 74.7 Å². The van der Waals surface area contributed by atoms with Crippen LogP contribution in [0.3, 0.4) is 0 Å². The van der Waals surface area contributed by atoms with E-state index in [-0.39, 0.29) is 6.17 Å². The molecule has 184 valence electrons. The van der Waals surface area contributed by atoms with Crippen molar-refractivity contribution in [3.8, 4) is 11.5 Å². The predicted molar refractivity (Wildman–Crippen MR) is 130 cm³/mol. The Balaban J connectivity index is 1.94.